The predicted molar refractivity (Wildman–Crippen MR) is 104 cm³/mol. The molecule has 0 aliphatic heterocycles. The van der Waals surface area contributed by atoms with Gasteiger partial charge in [0.15, 0.2) is 0 Å². The highest BCUT2D eigenvalue weighted by Gasteiger charge is 2.12. The fourth-order valence-electron chi connectivity index (χ4n) is 2.58. The zero-order valence-corrected chi connectivity index (χ0v) is 16.7. The lowest BCUT2D eigenvalue weighted by Crippen LogP contribution is -2.24. The number of Topliss-reactive ketones (excluding diaryl/α,β-unsaturated/α-hetero) is 1. The first-order valence-corrected chi connectivity index (χ1v) is 11.1. The Bertz CT molecular complexity index is 600. The third-order valence-corrected chi connectivity index (χ3v) is 5.93. The van der Waals surface area contributed by atoms with Crippen LogP contribution in [0.3, 0.4) is 0 Å². The number of alkyl halides is 1. The Morgan fingerprint density at radius 3 is 2.00 bits per heavy atom. The first-order chi connectivity index (χ1) is 12.0. The lowest BCUT2D eigenvalue weighted by Gasteiger charge is -2.07. The largest absolute Gasteiger partial charge is 0.298 e. The van der Waals surface area contributed by atoms with Gasteiger partial charge in [-0.05, 0) is 31.9 Å². The third kappa shape index (κ3) is 9.97. The van der Waals surface area contributed by atoms with E-state index >= 15 is 0 Å². The van der Waals surface area contributed by atoms with Crippen molar-refractivity contribution in [3.63, 3.8) is 0 Å². The maximum atomic E-state index is 12.1. The molecule has 0 fully saturated rings. The van der Waals surface area contributed by atoms with Crippen LogP contribution in [0, 0.1) is 6.92 Å². The van der Waals surface area contributed by atoms with Crippen LogP contribution in [0.2, 0.25) is 0 Å². The molecule has 142 valence electrons. The molecular formula is C19H30ClNO3S. The highest BCUT2D eigenvalue weighted by atomic mass is 35.5. The van der Waals surface area contributed by atoms with Gasteiger partial charge in [-0.1, -0.05) is 56.2 Å². The van der Waals surface area contributed by atoms with Gasteiger partial charge in [-0.2, -0.15) is 0 Å². The summed E-state index contributed by atoms with van der Waals surface area (Å²) in [5.41, 5.74) is 1.05. The van der Waals surface area contributed by atoms with Crippen molar-refractivity contribution in [2.75, 3.05) is 12.4 Å². The summed E-state index contributed by atoms with van der Waals surface area (Å²) in [6, 6.07) is 6.89. The minimum atomic E-state index is -3.38. The van der Waals surface area contributed by atoms with Gasteiger partial charge in [-0.15, -0.1) is 11.6 Å². The van der Waals surface area contributed by atoms with E-state index in [4.69, 9.17) is 11.6 Å². The molecule has 6 heteroatoms. The maximum absolute atomic E-state index is 12.1. The summed E-state index contributed by atoms with van der Waals surface area (Å²) in [7, 11) is -3.38. The fraction of sp³-hybridized carbons (Fsp3) is 0.632. The van der Waals surface area contributed by atoms with Crippen molar-refractivity contribution in [2.45, 2.75) is 69.6 Å². The average molecular weight is 388 g/mol. The van der Waals surface area contributed by atoms with E-state index in [1.807, 2.05) is 6.92 Å². The molecule has 1 rings (SSSR count). The molecule has 0 atom stereocenters. The molecule has 0 heterocycles. The van der Waals surface area contributed by atoms with Crippen molar-refractivity contribution in [3.05, 3.63) is 29.8 Å². The maximum Gasteiger partial charge on any atom is 0.240 e. The van der Waals surface area contributed by atoms with E-state index in [2.05, 4.69) is 4.72 Å². The molecule has 0 spiro atoms. The van der Waals surface area contributed by atoms with Crippen LogP contribution in [-0.2, 0) is 14.8 Å². The monoisotopic (exact) mass is 387 g/mol. The van der Waals surface area contributed by atoms with E-state index in [-0.39, 0.29) is 11.7 Å². The minimum absolute atomic E-state index is 0.133. The molecule has 25 heavy (non-hydrogen) atoms. The zero-order valence-electron chi connectivity index (χ0n) is 15.1. The number of aryl methyl sites for hydroxylation is 1. The smallest absolute Gasteiger partial charge is 0.240 e. The fourth-order valence-corrected chi connectivity index (χ4v) is 3.79. The van der Waals surface area contributed by atoms with Crippen LogP contribution < -0.4 is 4.72 Å². The van der Waals surface area contributed by atoms with Gasteiger partial charge in [0.2, 0.25) is 10.0 Å². The van der Waals surface area contributed by atoms with E-state index in [0.717, 1.165) is 50.5 Å². The van der Waals surface area contributed by atoms with Crippen LogP contribution >= 0.6 is 11.6 Å². The first kappa shape index (κ1) is 22.1. The van der Waals surface area contributed by atoms with Gasteiger partial charge in [0.05, 0.1) is 10.8 Å². The van der Waals surface area contributed by atoms with Crippen LogP contribution in [0.5, 0.6) is 0 Å². The van der Waals surface area contributed by atoms with E-state index in [1.165, 1.54) is 6.42 Å². The molecule has 0 aliphatic rings. The molecule has 0 amide bonds. The summed E-state index contributed by atoms with van der Waals surface area (Å²) in [6.45, 7) is 2.42. The Kier molecular flexibility index (Phi) is 11.0. The molecule has 1 aromatic carbocycles. The van der Waals surface area contributed by atoms with Gasteiger partial charge < -0.3 is 0 Å². The molecule has 0 aromatic heterocycles. The molecule has 0 aliphatic carbocycles. The number of benzene rings is 1. The lowest BCUT2D eigenvalue weighted by molar-refractivity contribution is -0.116. The second-order valence-corrected chi connectivity index (χ2v) is 8.50. The van der Waals surface area contributed by atoms with Crippen molar-refractivity contribution in [1.29, 1.82) is 0 Å². The number of ketones is 1. The summed E-state index contributed by atoms with van der Waals surface area (Å²) >= 11 is 5.45. The topological polar surface area (TPSA) is 63.2 Å². The quantitative estimate of drug-likeness (QED) is 0.375. The lowest BCUT2D eigenvalue weighted by atomic mass is 10.1. The summed E-state index contributed by atoms with van der Waals surface area (Å²) in [4.78, 5) is 11.4. The number of sulfonamides is 1. The second-order valence-electron chi connectivity index (χ2n) is 6.46. The Morgan fingerprint density at radius 2 is 1.44 bits per heavy atom. The van der Waals surface area contributed by atoms with E-state index in [1.54, 1.807) is 24.3 Å². The first-order valence-electron chi connectivity index (χ1n) is 9.09. The predicted octanol–water partition coefficient (Wildman–Crippen LogP) is 4.59. The number of rotatable bonds is 14. The van der Waals surface area contributed by atoms with Gasteiger partial charge in [0.25, 0.3) is 0 Å². The zero-order chi connectivity index (χ0) is 18.5. The number of hydrogen-bond donors (Lipinski definition) is 1. The van der Waals surface area contributed by atoms with Crippen molar-refractivity contribution >= 4 is 27.4 Å². The number of carbonyl (C=O) groups is 1. The summed E-state index contributed by atoms with van der Waals surface area (Å²) in [5, 5.41) is 0. The number of nitrogens with one attached hydrogen (secondary N) is 1. The number of carbonyl (C=O) groups excluding carboxylic acids is 1. The SMILES string of the molecule is Cc1ccc(S(=O)(=O)NCCCCCCCCCCC(=O)CCl)cc1. The number of unbranched alkanes of at least 4 members (excludes halogenated alkanes) is 7. The third-order valence-electron chi connectivity index (χ3n) is 4.15. The average Bonchev–Trinajstić information content (AvgIpc) is 2.59. The highest BCUT2D eigenvalue weighted by molar-refractivity contribution is 7.89. The molecule has 0 unspecified atom stereocenters. The molecule has 1 N–H and O–H groups in total. The molecular weight excluding hydrogens is 358 g/mol. The van der Waals surface area contributed by atoms with Gasteiger partial charge >= 0.3 is 0 Å². The standard InChI is InChI=1S/C19H30ClNO3S/c1-17-11-13-19(14-12-17)25(23,24)21-15-9-7-5-3-2-4-6-8-10-18(22)16-20/h11-14,21H,2-10,15-16H2,1H3. The Hall–Kier alpha value is -0.910. The molecule has 1 aromatic rings. The van der Waals surface area contributed by atoms with Crippen LogP contribution in [0.4, 0.5) is 0 Å². The van der Waals surface area contributed by atoms with Gasteiger partial charge in [-0.3, -0.25) is 4.79 Å². The molecule has 0 radical (unpaired) electrons. The summed E-state index contributed by atoms with van der Waals surface area (Å²) in [6.07, 6.45) is 9.10. The van der Waals surface area contributed by atoms with Crippen LogP contribution in [0.25, 0.3) is 0 Å². The Labute approximate surface area is 157 Å². The molecule has 4 nitrogen and oxygen atoms in total. The molecule has 0 saturated heterocycles. The summed E-state index contributed by atoms with van der Waals surface area (Å²) < 4.78 is 26.9. The van der Waals surface area contributed by atoms with Crippen molar-refractivity contribution in [2.24, 2.45) is 0 Å². The van der Waals surface area contributed by atoms with E-state index in [0.29, 0.717) is 17.9 Å². The van der Waals surface area contributed by atoms with Crippen molar-refractivity contribution in [1.82, 2.24) is 4.72 Å². The second kappa shape index (κ2) is 12.4. The van der Waals surface area contributed by atoms with Crippen molar-refractivity contribution < 1.29 is 13.2 Å². The van der Waals surface area contributed by atoms with Crippen molar-refractivity contribution in [3.8, 4) is 0 Å². The summed E-state index contributed by atoms with van der Waals surface area (Å²) in [5.74, 6) is 0.267. The highest BCUT2D eigenvalue weighted by Crippen LogP contribution is 2.12. The molecule has 0 saturated carbocycles. The van der Waals surface area contributed by atoms with Crippen LogP contribution in [-0.4, -0.2) is 26.6 Å². The Balaban J connectivity index is 2.01. The minimum Gasteiger partial charge on any atom is -0.298 e. The van der Waals surface area contributed by atoms with Gasteiger partial charge in [0, 0.05) is 13.0 Å². The van der Waals surface area contributed by atoms with Gasteiger partial charge in [-0.25, -0.2) is 13.1 Å². The van der Waals surface area contributed by atoms with Crippen LogP contribution in [0.1, 0.15) is 63.4 Å². The normalized spacial score (nSPS) is 11.6. The van der Waals surface area contributed by atoms with E-state index in [9.17, 15) is 13.2 Å². The van der Waals surface area contributed by atoms with E-state index < -0.39 is 10.0 Å². The molecule has 0 bridgehead atoms. The van der Waals surface area contributed by atoms with Gasteiger partial charge in [0.1, 0.15) is 5.78 Å². The van der Waals surface area contributed by atoms with Crippen LogP contribution in [0.15, 0.2) is 29.2 Å². The number of halogens is 1. The number of hydrogen-bond acceptors (Lipinski definition) is 3. The Morgan fingerprint density at radius 1 is 0.920 bits per heavy atom.